The molecule has 7 nitrogen and oxygen atoms in total. The molecule has 0 saturated carbocycles. The molecule has 2 saturated heterocycles. The van der Waals surface area contributed by atoms with Crippen molar-refractivity contribution in [3.8, 4) is 0 Å². The highest BCUT2D eigenvalue weighted by atomic mass is 32.1. The highest BCUT2D eigenvalue weighted by molar-refractivity contribution is 7.80. The number of rotatable bonds is 5. The van der Waals surface area contributed by atoms with Crippen LogP contribution >= 0.6 is 12.2 Å². The normalized spacial score (nSPS) is 23.2. The summed E-state index contributed by atoms with van der Waals surface area (Å²) in [5, 5.41) is 12.1. The molecule has 182 valence electrons. The van der Waals surface area contributed by atoms with Crippen LogP contribution in [0.5, 0.6) is 0 Å². The van der Waals surface area contributed by atoms with Crippen LogP contribution in [0.15, 0.2) is 66.7 Å². The lowest BCUT2D eigenvalue weighted by Gasteiger charge is -2.20. The first-order chi connectivity index (χ1) is 17.0. The summed E-state index contributed by atoms with van der Waals surface area (Å²) in [5.41, 5.74) is 2.83. The van der Waals surface area contributed by atoms with Crippen molar-refractivity contribution in [1.82, 2.24) is 5.32 Å². The summed E-state index contributed by atoms with van der Waals surface area (Å²) in [5.74, 6) is 0.430. The van der Waals surface area contributed by atoms with Crippen molar-refractivity contribution in [2.45, 2.75) is 44.1 Å². The zero-order valence-corrected chi connectivity index (χ0v) is 20.5. The minimum absolute atomic E-state index is 0.143. The van der Waals surface area contributed by atoms with Crippen LogP contribution in [-0.2, 0) is 14.2 Å². The van der Waals surface area contributed by atoms with E-state index in [4.69, 9.17) is 26.4 Å². The molecule has 4 atom stereocenters. The fraction of sp³-hybridized carbons (Fsp3) is 0.333. The SMILES string of the molecule is CC(C)c1ccc(NC(=O)O[C@H]2CO[C@@H]3[C@@H]2OC[C@@H]3NC(=S)Nc2cccc3ccccc23)cc1. The standard InChI is InChI=1S/C27H29N3O4S/c1-16(2)17-10-12-19(13-11-17)28-27(31)34-23-15-33-24-22(14-32-25(23)24)30-26(35)29-21-9-5-7-18-6-3-4-8-20(18)21/h3-13,16,22-25H,14-15H2,1-2H3,(H,28,31)(H2,29,30,35)/t22-,23-,24-,25+/m0/s1. The van der Waals surface area contributed by atoms with E-state index >= 15 is 0 Å². The molecular weight excluding hydrogens is 462 g/mol. The number of nitrogens with one attached hydrogen (secondary N) is 3. The highest BCUT2D eigenvalue weighted by Crippen LogP contribution is 2.30. The minimum Gasteiger partial charge on any atom is -0.441 e. The van der Waals surface area contributed by atoms with Crippen LogP contribution in [0, 0.1) is 0 Å². The van der Waals surface area contributed by atoms with Crippen molar-refractivity contribution in [2.24, 2.45) is 0 Å². The Morgan fingerprint density at radius 3 is 2.49 bits per heavy atom. The van der Waals surface area contributed by atoms with Crippen LogP contribution in [0.1, 0.15) is 25.3 Å². The predicted molar refractivity (Wildman–Crippen MR) is 141 cm³/mol. The molecule has 0 bridgehead atoms. The third kappa shape index (κ3) is 5.24. The summed E-state index contributed by atoms with van der Waals surface area (Å²) < 4.78 is 17.5. The fourth-order valence-electron chi connectivity index (χ4n) is 4.59. The Morgan fingerprint density at radius 2 is 1.69 bits per heavy atom. The van der Waals surface area contributed by atoms with Gasteiger partial charge in [0.05, 0.1) is 19.3 Å². The largest absolute Gasteiger partial charge is 0.441 e. The van der Waals surface area contributed by atoms with E-state index in [1.165, 1.54) is 5.56 Å². The third-order valence-corrected chi connectivity index (χ3v) is 6.66. The first kappa shape index (κ1) is 23.5. The fourth-order valence-corrected chi connectivity index (χ4v) is 4.85. The van der Waals surface area contributed by atoms with Gasteiger partial charge >= 0.3 is 6.09 Å². The number of fused-ring (bicyclic) bond motifs is 2. The highest BCUT2D eigenvalue weighted by Gasteiger charge is 2.49. The molecule has 2 aliphatic rings. The molecule has 3 aromatic rings. The lowest BCUT2D eigenvalue weighted by Crippen LogP contribution is -2.46. The van der Waals surface area contributed by atoms with Gasteiger partial charge in [0.25, 0.3) is 0 Å². The Morgan fingerprint density at radius 1 is 0.943 bits per heavy atom. The zero-order valence-electron chi connectivity index (χ0n) is 19.7. The number of thiocarbonyl (C=S) groups is 1. The molecule has 2 aliphatic heterocycles. The van der Waals surface area contributed by atoms with Crippen molar-refractivity contribution in [3.63, 3.8) is 0 Å². The van der Waals surface area contributed by atoms with Crippen molar-refractivity contribution in [2.75, 3.05) is 23.8 Å². The van der Waals surface area contributed by atoms with E-state index < -0.39 is 12.2 Å². The van der Waals surface area contributed by atoms with Gasteiger partial charge in [0.15, 0.2) is 11.2 Å². The smallest absolute Gasteiger partial charge is 0.412 e. The van der Waals surface area contributed by atoms with Crippen LogP contribution in [-0.4, -0.2) is 48.8 Å². The molecule has 0 radical (unpaired) electrons. The monoisotopic (exact) mass is 491 g/mol. The van der Waals surface area contributed by atoms with Gasteiger partial charge in [0.1, 0.15) is 12.2 Å². The van der Waals surface area contributed by atoms with Crippen molar-refractivity contribution in [1.29, 1.82) is 0 Å². The van der Waals surface area contributed by atoms with E-state index in [0.717, 1.165) is 16.5 Å². The number of ether oxygens (including phenoxy) is 3. The summed E-state index contributed by atoms with van der Waals surface area (Å²) in [7, 11) is 0. The van der Waals surface area contributed by atoms with Crippen molar-refractivity contribution in [3.05, 3.63) is 72.3 Å². The van der Waals surface area contributed by atoms with E-state index in [-0.39, 0.29) is 24.9 Å². The summed E-state index contributed by atoms with van der Waals surface area (Å²) in [4.78, 5) is 12.5. The number of benzene rings is 3. The summed E-state index contributed by atoms with van der Waals surface area (Å²) >= 11 is 5.56. The van der Waals surface area contributed by atoms with Crippen molar-refractivity contribution < 1.29 is 19.0 Å². The second-order valence-electron chi connectivity index (χ2n) is 9.17. The number of anilines is 2. The van der Waals surface area contributed by atoms with E-state index in [1.54, 1.807) is 0 Å². The quantitative estimate of drug-likeness (QED) is 0.432. The second-order valence-corrected chi connectivity index (χ2v) is 9.58. The van der Waals surface area contributed by atoms with Crippen LogP contribution in [0.3, 0.4) is 0 Å². The molecule has 1 amide bonds. The molecule has 35 heavy (non-hydrogen) atoms. The van der Waals surface area contributed by atoms with Crippen LogP contribution in [0.4, 0.5) is 16.2 Å². The molecule has 2 fully saturated rings. The summed E-state index contributed by atoms with van der Waals surface area (Å²) in [6.45, 7) is 4.94. The van der Waals surface area contributed by atoms with Crippen LogP contribution in [0.25, 0.3) is 10.8 Å². The molecule has 0 unspecified atom stereocenters. The lowest BCUT2D eigenvalue weighted by atomic mass is 10.0. The van der Waals surface area contributed by atoms with Crippen LogP contribution < -0.4 is 16.0 Å². The Labute approximate surface area is 210 Å². The number of hydrogen-bond acceptors (Lipinski definition) is 5. The zero-order chi connectivity index (χ0) is 24.4. The summed E-state index contributed by atoms with van der Waals surface area (Å²) in [6, 6.07) is 21.8. The molecule has 3 aromatic carbocycles. The molecule has 0 aliphatic carbocycles. The third-order valence-electron chi connectivity index (χ3n) is 6.44. The molecule has 2 heterocycles. The molecular formula is C27H29N3O4S. The van der Waals surface area contributed by atoms with Gasteiger partial charge in [-0.15, -0.1) is 0 Å². The van der Waals surface area contributed by atoms with Gasteiger partial charge in [0, 0.05) is 16.8 Å². The summed E-state index contributed by atoms with van der Waals surface area (Å²) in [6.07, 6.45) is -1.61. The predicted octanol–water partition coefficient (Wildman–Crippen LogP) is 5.03. The van der Waals surface area contributed by atoms with E-state index in [0.29, 0.717) is 23.3 Å². The van der Waals surface area contributed by atoms with Crippen LogP contribution in [0.2, 0.25) is 0 Å². The maximum Gasteiger partial charge on any atom is 0.412 e. The second kappa shape index (κ2) is 10.2. The molecule has 8 heteroatoms. The Kier molecular flexibility index (Phi) is 6.86. The maximum atomic E-state index is 12.5. The number of hydrogen-bond donors (Lipinski definition) is 3. The maximum absolute atomic E-state index is 12.5. The van der Waals surface area contributed by atoms with E-state index in [2.05, 4.69) is 48.0 Å². The van der Waals surface area contributed by atoms with Gasteiger partial charge in [-0.05, 0) is 47.3 Å². The van der Waals surface area contributed by atoms with Gasteiger partial charge in [-0.1, -0.05) is 62.4 Å². The van der Waals surface area contributed by atoms with Gasteiger partial charge in [0.2, 0.25) is 0 Å². The number of amides is 1. The Balaban J connectivity index is 1.14. The van der Waals surface area contributed by atoms with E-state index in [1.807, 2.05) is 48.5 Å². The number of carbonyl (C=O) groups excluding carboxylic acids is 1. The number of carbonyl (C=O) groups is 1. The van der Waals surface area contributed by atoms with Gasteiger partial charge in [-0.3, -0.25) is 5.32 Å². The molecule has 3 N–H and O–H groups in total. The van der Waals surface area contributed by atoms with Gasteiger partial charge in [-0.25, -0.2) is 4.79 Å². The lowest BCUT2D eigenvalue weighted by molar-refractivity contribution is 0.00880. The van der Waals surface area contributed by atoms with Gasteiger partial charge < -0.3 is 24.8 Å². The van der Waals surface area contributed by atoms with Crippen molar-refractivity contribution >= 4 is 45.6 Å². The molecule has 0 spiro atoms. The average Bonchev–Trinajstić information content (AvgIpc) is 3.43. The Hall–Kier alpha value is -3.20. The first-order valence-electron chi connectivity index (χ1n) is 11.8. The molecule has 5 rings (SSSR count). The minimum atomic E-state index is -0.523. The van der Waals surface area contributed by atoms with E-state index in [9.17, 15) is 4.79 Å². The average molecular weight is 492 g/mol. The topological polar surface area (TPSA) is 80.9 Å². The molecule has 0 aromatic heterocycles. The Bertz CT molecular complexity index is 1210. The first-order valence-corrected chi connectivity index (χ1v) is 12.2. The van der Waals surface area contributed by atoms with Gasteiger partial charge in [-0.2, -0.15) is 0 Å².